The lowest BCUT2D eigenvalue weighted by Crippen LogP contribution is -2.09. The molecule has 3 rings (SSSR count). The van der Waals surface area contributed by atoms with Crippen molar-refractivity contribution >= 4 is 28.7 Å². The van der Waals surface area contributed by atoms with Crippen molar-refractivity contribution in [1.82, 2.24) is 19.9 Å². The van der Waals surface area contributed by atoms with Crippen molar-refractivity contribution in [2.75, 3.05) is 12.9 Å². The maximum absolute atomic E-state index is 12.8. The molecule has 0 aliphatic carbocycles. The highest BCUT2D eigenvalue weighted by atomic mass is 32.2. The first kappa shape index (κ1) is 17.4. The van der Waals surface area contributed by atoms with E-state index >= 15 is 0 Å². The number of methoxy groups -OCH3 is 1. The topological polar surface area (TPSA) is 80.8 Å². The Labute approximate surface area is 150 Å². The van der Waals surface area contributed by atoms with Crippen molar-refractivity contribution in [3.63, 3.8) is 0 Å². The van der Waals surface area contributed by atoms with Crippen molar-refractivity contribution in [1.29, 1.82) is 0 Å². The van der Waals surface area contributed by atoms with E-state index in [0.717, 1.165) is 33.0 Å². The quantitative estimate of drug-likeness (QED) is 0.411. The molecule has 0 unspecified atom stereocenters. The molecule has 0 saturated heterocycles. The lowest BCUT2D eigenvalue weighted by Gasteiger charge is -2.15. The lowest BCUT2D eigenvalue weighted by molar-refractivity contribution is 0.102. The van der Waals surface area contributed by atoms with Crippen LogP contribution in [0.25, 0.3) is 11.2 Å². The summed E-state index contributed by atoms with van der Waals surface area (Å²) < 4.78 is 5.39. The molecule has 0 bridgehead atoms. The third kappa shape index (κ3) is 3.51. The van der Waals surface area contributed by atoms with Crippen molar-refractivity contribution in [3.8, 4) is 5.75 Å². The number of fused-ring (bicyclic) bond motifs is 1. The van der Waals surface area contributed by atoms with Crippen LogP contribution in [0.3, 0.4) is 0 Å². The largest absolute Gasteiger partial charge is 0.496 e. The molecule has 0 spiro atoms. The molecule has 3 aromatic rings. The number of hydrogen-bond acceptors (Lipinski definition) is 6. The van der Waals surface area contributed by atoms with Gasteiger partial charge in [0.05, 0.1) is 19.2 Å². The summed E-state index contributed by atoms with van der Waals surface area (Å²) >= 11 is 1.39. The molecule has 0 aliphatic heterocycles. The summed E-state index contributed by atoms with van der Waals surface area (Å²) in [5.74, 6) is 1.42. The average molecular weight is 356 g/mol. The molecule has 1 aromatic carbocycles. The first-order valence-electron chi connectivity index (χ1n) is 8.00. The molecule has 25 heavy (non-hydrogen) atoms. The minimum atomic E-state index is 0.0748. The Morgan fingerprint density at radius 1 is 1.28 bits per heavy atom. The first-order valence-corrected chi connectivity index (χ1v) is 8.98. The number of H-pyrrole nitrogens is 1. The standard InChI is InChI=1S/C18H20N4O2S/c1-10(2)12-6-15(24-4)11(3)5-13(12)14(23)7-25-18-16-17(20-8-19-16)21-9-22-18/h5-6,8-10H,7H2,1-4H3,(H,19,20,21,22). The zero-order valence-corrected chi connectivity index (χ0v) is 15.5. The molecular weight excluding hydrogens is 336 g/mol. The first-order chi connectivity index (χ1) is 12.0. The van der Waals surface area contributed by atoms with Crippen LogP contribution in [-0.2, 0) is 0 Å². The Balaban J connectivity index is 1.86. The highest BCUT2D eigenvalue weighted by Crippen LogP contribution is 2.30. The monoisotopic (exact) mass is 356 g/mol. The summed E-state index contributed by atoms with van der Waals surface area (Å²) in [5.41, 5.74) is 4.07. The van der Waals surface area contributed by atoms with E-state index in [4.69, 9.17) is 4.74 Å². The number of carbonyl (C=O) groups is 1. The molecular formula is C18H20N4O2S. The predicted octanol–water partition coefficient (Wildman–Crippen LogP) is 3.77. The number of Topliss-reactive ketones (excluding diaryl/α,β-unsaturated/α-hetero) is 1. The van der Waals surface area contributed by atoms with Gasteiger partial charge in [-0.15, -0.1) is 0 Å². The summed E-state index contributed by atoms with van der Waals surface area (Å²) in [6.45, 7) is 6.10. The number of ether oxygens (including phenoxy) is 1. The molecule has 130 valence electrons. The van der Waals surface area contributed by atoms with Crippen LogP contribution in [0.2, 0.25) is 0 Å². The van der Waals surface area contributed by atoms with Gasteiger partial charge in [-0.3, -0.25) is 4.79 Å². The van der Waals surface area contributed by atoms with Gasteiger partial charge >= 0.3 is 0 Å². The number of benzene rings is 1. The normalized spacial score (nSPS) is 11.2. The molecule has 2 aromatic heterocycles. The molecule has 6 nitrogen and oxygen atoms in total. The van der Waals surface area contributed by atoms with Gasteiger partial charge in [-0.1, -0.05) is 25.6 Å². The third-order valence-electron chi connectivity index (χ3n) is 4.02. The molecule has 0 fully saturated rings. The fraction of sp³-hybridized carbons (Fsp3) is 0.333. The summed E-state index contributed by atoms with van der Waals surface area (Å²) in [7, 11) is 1.65. The van der Waals surface area contributed by atoms with Gasteiger partial charge in [0.1, 0.15) is 22.6 Å². The molecule has 7 heteroatoms. The number of ketones is 1. The van der Waals surface area contributed by atoms with Crippen LogP contribution in [-0.4, -0.2) is 38.6 Å². The minimum Gasteiger partial charge on any atom is -0.496 e. The maximum Gasteiger partial charge on any atom is 0.181 e. The summed E-state index contributed by atoms with van der Waals surface area (Å²) in [6, 6.07) is 3.89. The van der Waals surface area contributed by atoms with Gasteiger partial charge in [-0.05, 0) is 36.1 Å². The van der Waals surface area contributed by atoms with Gasteiger partial charge in [0.2, 0.25) is 0 Å². The van der Waals surface area contributed by atoms with Crippen LogP contribution < -0.4 is 4.74 Å². The number of nitrogens with zero attached hydrogens (tertiary/aromatic N) is 3. The van der Waals surface area contributed by atoms with E-state index in [1.54, 1.807) is 13.4 Å². The van der Waals surface area contributed by atoms with Gasteiger partial charge in [0.25, 0.3) is 0 Å². The zero-order chi connectivity index (χ0) is 18.0. The van der Waals surface area contributed by atoms with E-state index in [-0.39, 0.29) is 11.7 Å². The maximum atomic E-state index is 12.8. The van der Waals surface area contributed by atoms with Gasteiger partial charge in [0, 0.05) is 5.56 Å². The van der Waals surface area contributed by atoms with Gasteiger partial charge in [0.15, 0.2) is 11.4 Å². The van der Waals surface area contributed by atoms with E-state index in [1.165, 1.54) is 18.1 Å². The lowest BCUT2D eigenvalue weighted by atomic mass is 9.93. The second-order valence-corrected chi connectivity index (χ2v) is 7.02. The smallest absolute Gasteiger partial charge is 0.181 e. The second kappa shape index (κ2) is 7.23. The van der Waals surface area contributed by atoms with Crippen LogP contribution in [0.1, 0.15) is 41.3 Å². The second-order valence-electron chi connectivity index (χ2n) is 6.06. The van der Waals surface area contributed by atoms with Crippen LogP contribution in [0.4, 0.5) is 0 Å². The fourth-order valence-electron chi connectivity index (χ4n) is 2.71. The van der Waals surface area contributed by atoms with Crippen molar-refractivity contribution in [3.05, 3.63) is 41.5 Å². The Morgan fingerprint density at radius 2 is 2.08 bits per heavy atom. The number of carbonyl (C=O) groups excluding carboxylic acids is 1. The number of imidazole rings is 1. The van der Waals surface area contributed by atoms with E-state index in [2.05, 4.69) is 33.8 Å². The van der Waals surface area contributed by atoms with Crippen molar-refractivity contribution in [2.24, 2.45) is 0 Å². The van der Waals surface area contributed by atoms with Gasteiger partial charge < -0.3 is 9.72 Å². The number of aromatic nitrogens is 4. The molecule has 0 saturated carbocycles. The predicted molar refractivity (Wildman–Crippen MR) is 98.6 cm³/mol. The van der Waals surface area contributed by atoms with Crippen molar-refractivity contribution in [2.45, 2.75) is 31.7 Å². The number of thioether (sulfide) groups is 1. The van der Waals surface area contributed by atoms with Crippen molar-refractivity contribution < 1.29 is 9.53 Å². The summed E-state index contributed by atoms with van der Waals surface area (Å²) in [5, 5.41) is 0.729. The van der Waals surface area contributed by atoms with Crippen LogP contribution in [0, 0.1) is 6.92 Å². The van der Waals surface area contributed by atoms with Gasteiger partial charge in [-0.25, -0.2) is 15.0 Å². The van der Waals surface area contributed by atoms with E-state index in [0.29, 0.717) is 11.4 Å². The highest BCUT2D eigenvalue weighted by Gasteiger charge is 2.18. The molecule has 0 radical (unpaired) electrons. The molecule has 1 N–H and O–H groups in total. The van der Waals surface area contributed by atoms with Crippen LogP contribution >= 0.6 is 11.8 Å². The molecule has 0 aliphatic rings. The molecule has 0 atom stereocenters. The Hall–Kier alpha value is -2.41. The van der Waals surface area contributed by atoms with Crippen LogP contribution in [0.15, 0.2) is 29.8 Å². The summed E-state index contributed by atoms with van der Waals surface area (Å²) in [6.07, 6.45) is 3.04. The van der Waals surface area contributed by atoms with E-state index in [1.807, 2.05) is 19.1 Å². The highest BCUT2D eigenvalue weighted by molar-refractivity contribution is 8.00. The Morgan fingerprint density at radius 3 is 2.80 bits per heavy atom. The molecule has 0 amide bonds. The number of aryl methyl sites for hydroxylation is 1. The van der Waals surface area contributed by atoms with Crippen LogP contribution in [0.5, 0.6) is 5.75 Å². The van der Waals surface area contributed by atoms with Gasteiger partial charge in [-0.2, -0.15) is 0 Å². The molecule has 2 heterocycles. The Bertz CT molecular complexity index is 921. The average Bonchev–Trinajstić information content (AvgIpc) is 3.08. The number of aromatic amines is 1. The Kier molecular flexibility index (Phi) is 5.03. The van der Waals surface area contributed by atoms with E-state index in [9.17, 15) is 4.79 Å². The van der Waals surface area contributed by atoms with E-state index < -0.39 is 0 Å². The summed E-state index contributed by atoms with van der Waals surface area (Å²) in [4.78, 5) is 28.3. The zero-order valence-electron chi connectivity index (χ0n) is 14.7. The number of rotatable bonds is 6. The third-order valence-corrected chi connectivity index (χ3v) is 5.01. The fourth-order valence-corrected chi connectivity index (χ4v) is 3.55. The SMILES string of the molecule is COc1cc(C(C)C)c(C(=O)CSc2ncnc3nc[nH]c23)cc1C. The number of hydrogen-bond donors (Lipinski definition) is 1. The minimum absolute atomic E-state index is 0.0748. The number of nitrogens with one attached hydrogen (secondary N) is 1.